The fourth-order valence-corrected chi connectivity index (χ4v) is 3.42. The molecule has 7 nitrogen and oxygen atoms in total. The van der Waals surface area contributed by atoms with Crippen LogP contribution in [-0.4, -0.2) is 56.9 Å². The van der Waals surface area contributed by atoms with Crippen LogP contribution in [0.2, 0.25) is 0 Å². The number of guanidine groups is 1. The Bertz CT molecular complexity index is 839. The van der Waals surface area contributed by atoms with E-state index in [2.05, 4.69) is 20.6 Å². The first-order valence-corrected chi connectivity index (χ1v) is 10.3. The van der Waals surface area contributed by atoms with Crippen LogP contribution in [0.25, 0.3) is 0 Å². The maximum Gasteiger partial charge on any atom is 0.191 e. The van der Waals surface area contributed by atoms with E-state index in [1.807, 2.05) is 36.1 Å². The number of para-hydroxylation sites is 1. The van der Waals surface area contributed by atoms with Crippen molar-refractivity contribution in [2.75, 3.05) is 44.8 Å². The highest BCUT2D eigenvalue weighted by atomic mass is 127. The smallest absolute Gasteiger partial charge is 0.191 e. The Labute approximate surface area is 200 Å². The molecule has 170 valence electrons. The lowest BCUT2D eigenvalue weighted by Gasteiger charge is -2.20. The molecule has 2 N–H and O–H groups in total. The summed E-state index contributed by atoms with van der Waals surface area (Å²) >= 11 is 0. The van der Waals surface area contributed by atoms with Gasteiger partial charge in [-0.3, -0.25) is 4.99 Å². The quantitative estimate of drug-likeness (QED) is 0.219. The zero-order chi connectivity index (χ0) is 21.2. The SMILES string of the molecule is CCNC(=NCCOCc1ccccc1OC)NC1CCN(c2ncccc2F)C1.I. The number of methoxy groups -OCH3 is 1. The number of nitrogens with one attached hydrogen (secondary N) is 2. The van der Waals surface area contributed by atoms with Gasteiger partial charge in [0.05, 0.1) is 26.9 Å². The number of aromatic nitrogens is 1. The first kappa shape index (κ1) is 25.1. The Kier molecular flexibility index (Phi) is 10.8. The molecule has 0 bridgehead atoms. The van der Waals surface area contributed by atoms with E-state index in [4.69, 9.17) is 9.47 Å². The molecular formula is C22H31FIN5O2. The van der Waals surface area contributed by atoms with Crippen LogP contribution < -0.4 is 20.3 Å². The van der Waals surface area contributed by atoms with Crippen LogP contribution in [0.4, 0.5) is 10.2 Å². The first-order valence-electron chi connectivity index (χ1n) is 10.3. The highest BCUT2D eigenvalue weighted by Gasteiger charge is 2.25. The standard InChI is InChI=1S/C22H30FN5O2.HI/c1-3-24-22(26-12-14-30-16-17-7-4-5-9-20(17)29-2)27-18-10-13-28(15-18)21-19(23)8-6-11-25-21;/h4-9,11,18H,3,10,12-16H2,1-2H3,(H2,24,26,27);1H. The summed E-state index contributed by atoms with van der Waals surface area (Å²) < 4.78 is 25.1. The molecule has 9 heteroatoms. The fourth-order valence-electron chi connectivity index (χ4n) is 3.42. The topological polar surface area (TPSA) is 71.0 Å². The minimum absolute atomic E-state index is 0. The summed E-state index contributed by atoms with van der Waals surface area (Å²) in [6.45, 7) is 5.76. The van der Waals surface area contributed by atoms with Crippen molar-refractivity contribution in [2.24, 2.45) is 4.99 Å². The minimum Gasteiger partial charge on any atom is -0.496 e. The Morgan fingerprint density at radius 3 is 2.90 bits per heavy atom. The van der Waals surface area contributed by atoms with Gasteiger partial charge >= 0.3 is 0 Å². The van der Waals surface area contributed by atoms with Gasteiger partial charge in [-0.2, -0.15) is 0 Å². The number of rotatable bonds is 9. The minimum atomic E-state index is -0.286. The van der Waals surface area contributed by atoms with Crippen molar-refractivity contribution in [2.45, 2.75) is 26.0 Å². The van der Waals surface area contributed by atoms with E-state index >= 15 is 0 Å². The zero-order valence-electron chi connectivity index (χ0n) is 18.0. The van der Waals surface area contributed by atoms with Gasteiger partial charge in [0.2, 0.25) is 0 Å². The summed E-state index contributed by atoms with van der Waals surface area (Å²) in [5, 5.41) is 6.69. The lowest BCUT2D eigenvalue weighted by molar-refractivity contribution is 0.126. The monoisotopic (exact) mass is 543 g/mol. The van der Waals surface area contributed by atoms with Crippen molar-refractivity contribution >= 4 is 35.8 Å². The van der Waals surface area contributed by atoms with E-state index in [1.54, 1.807) is 19.4 Å². The van der Waals surface area contributed by atoms with Crippen LogP contribution >= 0.6 is 24.0 Å². The molecule has 1 aliphatic heterocycles. The van der Waals surface area contributed by atoms with E-state index in [-0.39, 0.29) is 35.8 Å². The molecule has 0 aliphatic carbocycles. The van der Waals surface area contributed by atoms with Crippen molar-refractivity contribution in [3.63, 3.8) is 0 Å². The van der Waals surface area contributed by atoms with Crippen LogP contribution in [0.3, 0.4) is 0 Å². The molecule has 1 aromatic heterocycles. The highest BCUT2D eigenvalue weighted by molar-refractivity contribution is 14.0. The molecule has 2 heterocycles. The summed E-state index contributed by atoms with van der Waals surface area (Å²) in [7, 11) is 1.66. The molecule has 0 radical (unpaired) electrons. The second-order valence-corrected chi connectivity index (χ2v) is 7.01. The van der Waals surface area contributed by atoms with Crippen molar-refractivity contribution < 1.29 is 13.9 Å². The maximum absolute atomic E-state index is 14.0. The summed E-state index contributed by atoms with van der Waals surface area (Å²) in [4.78, 5) is 10.7. The predicted molar refractivity (Wildman–Crippen MR) is 132 cm³/mol. The molecule has 3 rings (SSSR count). The van der Waals surface area contributed by atoms with Gasteiger partial charge in [0.15, 0.2) is 17.6 Å². The van der Waals surface area contributed by atoms with Gasteiger partial charge in [0.1, 0.15) is 5.75 Å². The summed E-state index contributed by atoms with van der Waals surface area (Å²) in [6, 6.07) is 11.0. The van der Waals surface area contributed by atoms with Crippen molar-refractivity contribution in [1.82, 2.24) is 15.6 Å². The molecule has 1 aromatic carbocycles. The molecule has 1 unspecified atom stereocenters. The molecule has 1 atom stereocenters. The van der Waals surface area contributed by atoms with Crippen LogP contribution in [-0.2, 0) is 11.3 Å². The van der Waals surface area contributed by atoms with Crippen LogP contribution in [0, 0.1) is 5.82 Å². The normalized spacial score (nSPS) is 16.0. The van der Waals surface area contributed by atoms with Gasteiger partial charge in [-0.25, -0.2) is 9.37 Å². The van der Waals surface area contributed by atoms with Gasteiger partial charge in [-0.1, -0.05) is 18.2 Å². The van der Waals surface area contributed by atoms with Gasteiger partial charge in [-0.15, -0.1) is 24.0 Å². The first-order chi connectivity index (χ1) is 14.7. The predicted octanol–water partition coefficient (Wildman–Crippen LogP) is 3.20. The molecule has 2 aromatic rings. The van der Waals surface area contributed by atoms with E-state index in [0.717, 1.165) is 36.8 Å². The fraction of sp³-hybridized carbons (Fsp3) is 0.455. The number of anilines is 1. The Morgan fingerprint density at radius 1 is 1.29 bits per heavy atom. The summed E-state index contributed by atoms with van der Waals surface area (Å²) in [5.41, 5.74) is 1.02. The lowest BCUT2D eigenvalue weighted by atomic mass is 10.2. The van der Waals surface area contributed by atoms with Crippen molar-refractivity contribution in [1.29, 1.82) is 0 Å². The molecule has 1 aliphatic rings. The third-order valence-corrected chi connectivity index (χ3v) is 4.87. The Balaban J connectivity index is 0.00000341. The maximum atomic E-state index is 14.0. The van der Waals surface area contributed by atoms with Gasteiger partial charge in [0, 0.05) is 37.4 Å². The second-order valence-electron chi connectivity index (χ2n) is 7.01. The number of hydrogen-bond donors (Lipinski definition) is 2. The zero-order valence-corrected chi connectivity index (χ0v) is 20.3. The van der Waals surface area contributed by atoms with Crippen molar-refractivity contribution in [3.8, 4) is 5.75 Å². The molecule has 1 saturated heterocycles. The van der Waals surface area contributed by atoms with Crippen LogP contribution in [0.1, 0.15) is 18.9 Å². The van der Waals surface area contributed by atoms with Gasteiger partial charge < -0.3 is 25.0 Å². The van der Waals surface area contributed by atoms with E-state index in [1.165, 1.54) is 6.07 Å². The molecule has 1 fully saturated rings. The van der Waals surface area contributed by atoms with Crippen LogP contribution in [0.5, 0.6) is 5.75 Å². The summed E-state index contributed by atoms with van der Waals surface area (Å²) in [6.07, 6.45) is 2.51. The number of halogens is 2. The third-order valence-electron chi connectivity index (χ3n) is 4.87. The molecule has 0 amide bonds. The van der Waals surface area contributed by atoms with Gasteiger partial charge in [-0.05, 0) is 31.5 Å². The highest BCUT2D eigenvalue weighted by Crippen LogP contribution is 2.21. The average molecular weight is 543 g/mol. The van der Waals surface area contributed by atoms with E-state index in [0.29, 0.717) is 32.1 Å². The van der Waals surface area contributed by atoms with Crippen LogP contribution in [0.15, 0.2) is 47.6 Å². The average Bonchev–Trinajstić information content (AvgIpc) is 3.22. The number of nitrogens with zero attached hydrogens (tertiary/aromatic N) is 3. The lowest BCUT2D eigenvalue weighted by Crippen LogP contribution is -2.44. The number of pyridine rings is 1. The molecule has 31 heavy (non-hydrogen) atoms. The number of ether oxygens (including phenoxy) is 2. The Morgan fingerprint density at radius 2 is 2.13 bits per heavy atom. The van der Waals surface area contributed by atoms with E-state index < -0.39 is 0 Å². The van der Waals surface area contributed by atoms with Crippen molar-refractivity contribution in [3.05, 3.63) is 54.0 Å². The number of benzene rings is 1. The van der Waals surface area contributed by atoms with Gasteiger partial charge in [0.25, 0.3) is 0 Å². The summed E-state index contributed by atoms with van der Waals surface area (Å²) in [5.74, 6) is 1.69. The largest absolute Gasteiger partial charge is 0.496 e. The number of aliphatic imine (C=N–C) groups is 1. The molecular weight excluding hydrogens is 512 g/mol. The van der Waals surface area contributed by atoms with E-state index in [9.17, 15) is 4.39 Å². The second kappa shape index (κ2) is 13.3. The molecule has 0 saturated carbocycles. The Hall–Kier alpha value is -2.14. The molecule has 0 spiro atoms. The third kappa shape index (κ3) is 7.49. The number of hydrogen-bond acceptors (Lipinski definition) is 5.